The molecule has 0 saturated heterocycles. The van der Waals surface area contributed by atoms with Gasteiger partial charge in [-0.3, -0.25) is 4.79 Å². The van der Waals surface area contributed by atoms with E-state index in [0.29, 0.717) is 6.61 Å². The highest BCUT2D eigenvalue weighted by atomic mass is 35.5. The van der Waals surface area contributed by atoms with Crippen LogP contribution >= 0.6 is 11.6 Å². The van der Waals surface area contributed by atoms with Crippen LogP contribution in [0.2, 0.25) is 5.02 Å². The summed E-state index contributed by atoms with van der Waals surface area (Å²) in [5.41, 5.74) is 4.40. The van der Waals surface area contributed by atoms with Crippen molar-refractivity contribution >= 4 is 39.4 Å². The number of hydrogen-bond acceptors (Lipinski definition) is 2. The molecule has 27 heavy (non-hydrogen) atoms. The van der Waals surface area contributed by atoms with Gasteiger partial charge in [0.15, 0.2) is 0 Å². The number of rotatable bonds is 5. The highest BCUT2D eigenvalue weighted by Gasteiger charge is 2.13. The summed E-state index contributed by atoms with van der Waals surface area (Å²) in [6, 6.07) is 22.5. The number of ether oxygens (including phenoxy) is 1. The Bertz CT molecular complexity index is 1120. The van der Waals surface area contributed by atoms with Gasteiger partial charge in [0.1, 0.15) is 0 Å². The summed E-state index contributed by atoms with van der Waals surface area (Å²) in [6.45, 7) is 2.97. The number of aromatic nitrogens is 1. The normalized spacial score (nSPS) is 11.2. The van der Waals surface area contributed by atoms with Gasteiger partial charge < -0.3 is 9.30 Å². The minimum absolute atomic E-state index is 0.203. The SMILES string of the molecule is CCOC(=O)Cc1ccc2c3cc(Cl)ccc3n(Cc3ccccc3)c2c1. The van der Waals surface area contributed by atoms with Crippen LogP contribution in [0.5, 0.6) is 0 Å². The number of nitrogens with zero attached hydrogens (tertiary/aromatic N) is 1. The summed E-state index contributed by atoms with van der Waals surface area (Å²) in [7, 11) is 0. The molecule has 0 aliphatic rings. The molecular weight excluding hydrogens is 358 g/mol. The average molecular weight is 378 g/mol. The van der Waals surface area contributed by atoms with E-state index < -0.39 is 0 Å². The van der Waals surface area contributed by atoms with Crippen LogP contribution < -0.4 is 0 Å². The first-order valence-electron chi connectivity index (χ1n) is 9.05. The molecule has 0 bridgehead atoms. The zero-order chi connectivity index (χ0) is 18.8. The van der Waals surface area contributed by atoms with E-state index in [1.807, 2.05) is 43.3 Å². The van der Waals surface area contributed by atoms with Crippen molar-refractivity contribution in [3.05, 3.63) is 82.9 Å². The minimum Gasteiger partial charge on any atom is -0.466 e. The second-order valence-electron chi connectivity index (χ2n) is 6.57. The molecule has 0 fully saturated rings. The van der Waals surface area contributed by atoms with Gasteiger partial charge in [0.2, 0.25) is 0 Å². The van der Waals surface area contributed by atoms with Crippen molar-refractivity contribution in [3.63, 3.8) is 0 Å². The molecule has 0 saturated carbocycles. The largest absolute Gasteiger partial charge is 0.466 e. The first-order chi connectivity index (χ1) is 13.2. The molecule has 0 amide bonds. The molecule has 0 atom stereocenters. The highest BCUT2D eigenvalue weighted by Crippen LogP contribution is 2.32. The molecule has 0 radical (unpaired) electrons. The van der Waals surface area contributed by atoms with E-state index in [9.17, 15) is 4.79 Å². The Hall–Kier alpha value is -2.78. The summed E-state index contributed by atoms with van der Waals surface area (Å²) >= 11 is 6.25. The summed E-state index contributed by atoms with van der Waals surface area (Å²) in [5.74, 6) is -0.203. The van der Waals surface area contributed by atoms with Crippen molar-refractivity contribution in [2.75, 3.05) is 6.61 Å². The first kappa shape index (κ1) is 17.6. The van der Waals surface area contributed by atoms with Crippen molar-refractivity contribution < 1.29 is 9.53 Å². The van der Waals surface area contributed by atoms with Crippen molar-refractivity contribution in [3.8, 4) is 0 Å². The van der Waals surface area contributed by atoms with Crippen LogP contribution in [0, 0.1) is 0 Å². The maximum Gasteiger partial charge on any atom is 0.310 e. The molecule has 0 N–H and O–H groups in total. The molecule has 0 spiro atoms. The van der Waals surface area contributed by atoms with E-state index in [1.165, 1.54) is 5.56 Å². The average Bonchev–Trinajstić information content (AvgIpc) is 2.95. The standard InChI is InChI=1S/C23H20ClNO2/c1-2-27-23(26)13-17-8-10-19-20-14-18(24)9-11-21(20)25(22(19)12-17)15-16-6-4-3-5-7-16/h3-12,14H,2,13,15H2,1H3. The Morgan fingerprint density at radius 1 is 0.926 bits per heavy atom. The molecule has 136 valence electrons. The summed E-state index contributed by atoms with van der Waals surface area (Å²) < 4.78 is 7.38. The van der Waals surface area contributed by atoms with Crippen LogP contribution in [0.1, 0.15) is 18.1 Å². The molecule has 4 rings (SSSR count). The van der Waals surface area contributed by atoms with Gasteiger partial charge in [0.25, 0.3) is 0 Å². The molecule has 3 nitrogen and oxygen atoms in total. The topological polar surface area (TPSA) is 31.2 Å². The predicted molar refractivity (Wildman–Crippen MR) is 110 cm³/mol. The van der Waals surface area contributed by atoms with Crippen LogP contribution in [0.25, 0.3) is 21.8 Å². The van der Waals surface area contributed by atoms with Crippen LogP contribution in [-0.4, -0.2) is 17.1 Å². The maximum atomic E-state index is 11.9. The summed E-state index contributed by atoms with van der Waals surface area (Å²) in [4.78, 5) is 11.9. The van der Waals surface area contributed by atoms with E-state index in [-0.39, 0.29) is 12.4 Å². The smallest absolute Gasteiger partial charge is 0.310 e. The Morgan fingerprint density at radius 2 is 1.74 bits per heavy atom. The van der Waals surface area contributed by atoms with Gasteiger partial charge >= 0.3 is 5.97 Å². The van der Waals surface area contributed by atoms with Gasteiger partial charge in [-0.15, -0.1) is 0 Å². The Morgan fingerprint density at radius 3 is 2.52 bits per heavy atom. The van der Waals surface area contributed by atoms with Crippen molar-refractivity contribution in [1.82, 2.24) is 4.57 Å². The number of halogens is 1. The molecule has 4 aromatic rings. The van der Waals surface area contributed by atoms with E-state index in [2.05, 4.69) is 34.9 Å². The van der Waals surface area contributed by atoms with E-state index in [1.54, 1.807) is 0 Å². The summed E-state index contributed by atoms with van der Waals surface area (Å²) in [5, 5.41) is 2.98. The fourth-order valence-corrected chi connectivity index (χ4v) is 3.71. The van der Waals surface area contributed by atoms with Gasteiger partial charge in [-0.05, 0) is 42.3 Å². The van der Waals surface area contributed by atoms with Crippen LogP contribution in [0.3, 0.4) is 0 Å². The number of hydrogen-bond donors (Lipinski definition) is 0. The lowest BCUT2D eigenvalue weighted by Crippen LogP contribution is -2.07. The predicted octanol–water partition coefficient (Wildman–Crippen LogP) is 5.60. The summed E-state index contributed by atoms with van der Waals surface area (Å²) in [6.07, 6.45) is 0.275. The molecule has 0 aliphatic carbocycles. The van der Waals surface area contributed by atoms with Crippen LogP contribution in [0.4, 0.5) is 0 Å². The van der Waals surface area contributed by atoms with Gasteiger partial charge in [0, 0.05) is 33.4 Å². The highest BCUT2D eigenvalue weighted by molar-refractivity contribution is 6.31. The fraction of sp³-hybridized carbons (Fsp3) is 0.174. The third-order valence-electron chi connectivity index (χ3n) is 4.73. The third-order valence-corrected chi connectivity index (χ3v) is 4.96. The third kappa shape index (κ3) is 3.56. The van der Waals surface area contributed by atoms with Crippen LogP contribution in [0.15, 0.2) is 66.7 Å². The van der Waals surface area contributed by atoms with Crippen LogP contribution in [-0.2, 0) is 22.5 Å². The Kier molecular flexibility index (Phi) is 4.87. The lowest BCUT2D eigenvalue weighted by molar-refractivity contribution is -0.142. The van der Waals surface area contributed by atoms with E-state index in [4.69, 9.17) is 16.3 Å². The first-order valence-corrected chi connectivity index (χ1v) is 9.43. The molecule has 0 aliphatic heterocycles. The Balaban J connectivity index is 1.87. The quantitative estimate of drug-likeness (QED) is 0.424. The van der Waals surface area contributed by atoms with Gasteiger partial charge in [0.05, 0.1) is 13.0 Å². The Labute approximate surface area is 163 Å². The molecule has 1 heterocycles. The van der Waals surface area contributed by atoms with Crippen molar-refractivity contribution in [2.45, 2.75) is 19.9 Å². The number of esters is 1. The molecule has 0 unspecified atom stereocenters. The fourth-order valence-electron chi connectivity index (χ4n) is 3.54. The monoisotopic (exact) mass is 377 g/mol. The second-order valence-corrected chi connectivity index (χ2v) is 7.00. The minimum atomic E-state index is -0.203. The molecular formula is C23H20ClNO2. The molecule has 3 aromatic carbocycles. The second kappa shape index (κ2) is 7.45. The van der Waals surface area contributed by atoms with Gasteiger partial charge in [-0.1, -0.05) is 54.1 Å². The number of fused-ring (bicyclic) bond motifs is 3. The number of benzene rings is 3. The molecule has 1 aromatic heterocycles. The molecule has 4 heteroatoms. The van der Waals surface area contributed by atoms with Crippen molar-refractivity contribution in [1.29, 1.82) is 0 Å². The maximum absolute atomic E-state index is 11.9. The number of carbonyl (C=O) groups is 1. The van der Waals surface area contributed by atoms with Gasteiger partial charge in [-0.2, -0.15) is 0 Å². The van der Waals surface area contributed by atoms with E-state index >= 15 is 0 Å². The van der Waals surface area contributed by atoms with Crippen molar-refractivity contribution in [2.24, 2.45) is 0 Å². The van der Waals surface area contributed by atoms with Gasteiger partial charge in [-0.25, -0.2) is 0 Å². The van der Waals surface area contributed by atoms with E-state index in [0.717, 1.165) is 38.9 Å². The lowest BCUT2D eigenvalue weighted by atomic mass is 10.1. The number of carbonyl (C=O) groups excluding carboxylic acids is 1. The zero-order valence-electron chi connectivity index (χ0n) is 15.1. The lowest BCUT2D eigenvalue weighted by Gasteiger charge is -2.09. The zero-order valence-corrected chi connectivity index (χ0v) is 15.9.